The predicted octanol–water partition coefficient (Wildman–Crippen LogP) is 3.58. The van der Waals surface area contributed by atoms with Crippen LogP contribution < -0.4 is 14.8 Å². The third-order valence-corrected chi connectivity index (χ3v) is 7.70. The number of amides is 1. The van der Waals surface area contributed by atoms with Gasteiger partial charge in [0.05, 0.1) is 15.6 Å². The lowest BCUT2D eigenvalue weighted by Crippen LogP contribution is -2.65. The SMILES string of the molecule is O=C(N[C@@H]1C2CCN(CC2)C12CC2)c1cc2ccc3c(c2s1)OC(F)(F)O3. The number of carbonyl (C=O) groups excluding carboxylic acids is 1. The Kier molecular flexibility index (Phi) is 3.04. The van der Waals surface area contributed by atoms with E-state index in [1.54, 1.807) is 12.1 Å². The minimum atomic E-state index is -3.66. The number of nitrogens with zero attached hydrogens (tertiary/aromatic N) is 1. The Balaban J connectivity index is 1.31. The monoisotopic (exact) mass is 392 g/mol. The second-order valence-electron chi connectivity index (χ2n) is 7.97. The lowest BCUT2D eigenvalue weighted by atomic mass is 9.77. The molecule has 8 heteroatoms. The number of piperidine rings is 3. The van der Waals surface area contributed by atoms with Crippen molar-refractivity contribution in [1.29, 1.82) is 0 Å². The van der Waals surface area contributed by atoms with Gasteiger partial charge in [-0.3, -0.25) is 9.69 Å². The fraction of sp³-hybridized carbons (Fsp3) is 0.526. The molecule has 2 aromatic rings. The summed E-state index contributed by atoms with van der Waals surface area (Å²) in [6.07, 6.45) is 0.903. The maximum Gasteiger partial charge on any atom is 0.586 e. The molecule has 4 fully saturated rings. The minimum absolute atomic E-state index is 0.00984. The molecule has 27 heavy (non-hydrogen) atoms. The smallest absolute Gasteiger partial charge is 0.395 e. The summed E-state index contributed by atoms with van der Waals surface area (Å²) in [6.45, 7) is 2.27. The van der Waals surface area contributed by atoms with Crippen molar-refractivity contribution in [2.24, 2.45) is 5.92 Å². The second-order valence-corrected chi connectivity index (χ2v) is 9.02. The Morgan fingerprint density at radius 3 is 2.74 bits per heavy atom. The minimum Gasteiger partial charge on any atom is -0.395 e. The molecule has 2 bridgehead atoms. The topological polar surface area (TPSA) is 50.8 Å². The zero-order chi connectivity index (χ0) is 18.4. The largest absolute Gasteiger partial charge is 0.586 e. The average molecular weight is 392 g/mol. The summed E-state index contributed by atoms with van der Waals surface area (Å²) in [6, 6.07) is 5.08. The maximum atomic E-state index is 13.4. The number of alkyl halides is 2. The van der Waals surface area contributed by atoms with E-state index >= 15 is 0 Å². The number of halogens is 2. The van der Waals surface area contributed by atoms with Gasteiger partial charge in [-0.15, -0.1) is 20.1 Å². The molecule has 5 aliphatic rings. The summed E-state index contributed by atoms with van der Waals surface area (Å²) in [4.78, 5) is 16.0. The van der Waals surface area contributed by atoms with Crippen LogP contribution in [0.3, 0.4) is 0 Å². The predicted molar refractivity (Wildman–Crippen MR) is 95.5 cm³/mol. The van der Waals surface area contributed by atoms with E-state index < -0.39 is 6.29 Å². The van der Waals surface area contributed by atoms with Gasteiger partial charge in [0, 0.05) is 5.54 Å². The third-order valence-electron chi connectivity index (χ3n) is 6.55. The summed E-state index contributed by atoms with van der Waals surface area (Å²) in [5, 5.41) is 3.98. The van der Waals surface area contributed by atoms with Gasteiger partial charge < -0.3 is 14.8 Å². The molecule has 0 unspecified atom stereocenters. The Morgan fingerprint density at radius 1 is 1.22 bits per heavy atom. The first-order chi connectivity index (χ1) is 13.0. The molecule has 7 rings (SSSR count). The molecule has 1 aliphatic carbocycles. The Bertz CT molecular complexity index is 963. The molecule has 142 valence electrons. The number of hydrogen-bond donors (Lipinski definition) is 1. The van der Waals surface area contributed by atoms with Crippen molar-refractivity contribution in [3.05, 3.63) is 23.1 Å². The van der Waals surface area contributed by atoms with E-state index in [0.29, 0.717) is 20.9 Å². The lowest BCUT2D eigenvalue weighted by molar-refractivity contribution is -0.286. The van der Waals surface area contributed by atoms with E-state index in [1.165, 1.54) is 17.4 Å². The van der Waals surface area contributed by atoms with Crippen molar-refractivity contribution in [3.63, 3.8) is 0 Å². The lowest BCUT2D eigenvalue weighted by Gasteiger charge is -2.52. The molecule has 5 heterocycles. The molecule has 1 N–H and O–H groups in total. The number of carbonyl (C=O) groups is 1. The molecule has 1 aromatic heterocycles. The Labute approximate surface area is 158 Å². The van der Waals surface area contributed by atoms with Crippen LogP contribution in [0.4, 0.5) is 8.78 Å². The van der Waals surface area contributed by atoms with Gasteiger partial charge in [-0.05, 0) is 68.3 Å². The maximum absolute atomic E-state index is 13.4. The van der Waals surface area contributed by atoms with E-state index in [1.807, 2.05) is 0 Å². The average Bonchev–Trinajstić information content (AvgIpc) is 3.16. The molecule has 0 radical (unpaired) electrons. The fourth-order valence-corrected chi connectivity index (χ4v) is 6.19. The number of fused-ring (bicyclic) bond motifs is 5. The number of thiophene rings is 1. The van der Waals surface area contributed by atoms with Crippen molar-refractivity contribution in [3.8, 4) is 11.5 Å². The quantitative estimate of drug-likeness (QED) is 0.849. The Hall–Kier alpha value is -1.93. The summed E-state index contributed by atoms with van der Waals surface area (Å²) in [5.41, 5.74) is 0.160. The van der Waals surface area contributed by atoms with Crippen LogP contribution in [0.1, 0.15) is 35.4 Å². The summed E-state index contributed by atoms with van der Waals surface area (Å²) < 4.78 is 36.5. The number of rotatable bonds is 2. The fourth-order valence-electron chi connectivity index (χ4n) is 5.15. The highest BCUT2D eigenvalue weighted by molar-refractivity contribution is 7.21. The molecule has 5 nitrogen and oxygen atoms in total. The van der Waals surface area contributed by atoms with Crippen LogP contribution in [0, 0.1) is 5.92 Å². The molecule has 3 saturated heterocycles. The molecule has 1 aromatic carbocycles. The van der Waals surface area contributed by atoms with E-state index in [0.717, 1.165) is 38.8 Å². The zero-order valence-corrected chi connectivity index (χ0v) is 15.3. The highest BCUT2D eigenvalue weighted by Gasteiger charge is 2.60. The summed E-state index contributed by atoms with van der Waals surface area (Å²) >= 11 is 1.18. The number of hydrogen-bond acceptors (Lipinski definition) is 5. The van der Waals surface area contributed by atoms with Gasteiger partial charge in [0.15, 0.2) is 11.5 Å². The van der Waals surface area contributed by atoms with Crippen LogP contribution in [0.25, 0.3) is 10.1 Å². The molecule has 1 atom stereocenters. The van der Waals surface area contributed by atoms with Crippen molar-refractivity contribution < 1.29 is 23.0 Å². The highest BCUT2D eigenvalue weighted by atomic mass is 32.1. The number of nitrogens with one attached hydrogen (secondary N) is 1. The Morgan fingerprint density at radius 2 is 2.00 bits per heavy atom. The molecule has 1 spiro atoms. The van der Waals surface area contributed by atoms with Gasteiger partial charge in [-0.2, -0.15) is 0 Å². The summed E-state index contributed by atoms with van der Waals surface area (Å²) in [5.74, 6) is 0.440. The van der Waals surface area contributed by atoms with Crippen LogP contribution in [-0.2, 0) is 0 Å². The van der Waals surface area contributed by atoms with Gasteiger partial charge in [0.2, 0.25) is 0 Å². The molecule has 1 amide bonds. The zero-order valence-electron chi connectivity index (χ0n) is 14.5. The van der Waals surface area contributed by atoms with Crippen molar-refractivity contribution in [2.75, 3.05) is 13.1 Å². The third kappa shape index (κ3) is 2.26. The van der Waals surface area contributed by atoms with E-state index in [2.05, 4.69) is 19.7 Å². The molecule has 1 saturated carbocycles. The number of benzene rings is 1. The summed E-state index contributed by atoms with van der Waals surface area (Å²) in [7, 11) is 0. The number of ether oxygens (including phenoxy) is 2. The standard InChI is InChI=1S/C19H18F2N2O3S/c20-19(21)25-12-2-1-11-9-13(27-15(11)14(12)26-19)17(24)22-16-10-3-7-23(8-4-10)18(16)5-6-18/h1-2,9-10,16H,3-8H2,(H,22,24)/t16-/m1/s1. The van der Waals surface area contributed by atoms with Crippen molar-refractivity contribution in [1.82, 2.24) is 10.2 Å². The van der Waals surface area contributed by atoms with Gasteiger partial charge in [-0.25, -0.2) is 0 Å². The first-order valence-corrected chi connectivity index (χ1v) is 10.2. The second kappa shape index (κ2) is 5.11. The van der Waals surface area contributed by atoms with Gasteiger partial charge in [0.1, 0.15) is 0 Å². The van der Waals surface area contributed by atoms with Gasteiger partial charge >= 0.3 is 6.29 Å². The van der Waals surface area contributed by atoms with Crippen LogP contribution in [0.2, 0.25) is 0 Å². The van der Waals surface area contributed by atoms with Crippen molar-refractivity contribution >= 4 is 27.3 Å². The van der Waals surface area contributed by atoms with Crippen LogP contribution in [0.5, 0.6) is 11.5 Å². The van der Waals surface area contributed by atoms with Crippen LogP contribution >= 0.6 is 11.3 Å². The first-order valence-electron chi connectivity index (χ1n) is 9.34. The van der Waals surface area contributed by atoms with Crippen LogP contribution in [0.15, 0.2) is 18.2 Å². The first kappa shape index (κ1) is 16.1. The van der Waals surface area contributed by atoms with Gasteiger partial charge in [0.25, 0.3) is 5.91 Å². The van der Waals surface area contributed by atoms with E-state index in [4.69, 9.17) is 0 Å². The van der Waals surface area contributed by atoms with E-state index in [9.17, 15) is 13.6 Å². The highest BCUT2D eigenvalue weighted by Crippen LogP contribution is 2.54. The molecular formula is C19H18F2N2O3S. The van der Waals surface area contributed by atoms with E-state index in [-0.39, 0.29) is 29.0 Å². The van der Waals surface area contributed by atoms with Gasteiger partial charge in [-0.1, -0.05) is 0 Å². The molecular weight excluding hydrogens is 374 g/mol. The van der Waals surface area contributed by atoms with Crippen molar-refractivity contribution in [2.45, 2.75) is 43.6 Å². The molecule has 4 aliphatic heterocycles. The van der Waals surface area contributed by atoms with Crippen LogP contribution in [-0.4, -0.2) is 41.8 Å². The normalized spacial score (nSPS) is 31.4.